The summed E-state index contributed by atoms with van der Waals surface area (Å²) in [7, 11) is 0. The first-order chi connectivity index (χ1) is 9.37. The highest BCUT2D eigenvalue weighted by molar-refractivity contribution is 5.28. The monoisotopic (exact) mass is 262 g/mol. The molecule has 5 nitrogen and oxygen atoms in total. The van der Waals surface area contributed by atoms with Crippen molar-refractivity contribution in [3.8, 4) is 0 Å². The highest BCUT2D eigenvalue weighted by atomic mass is 16.5. The molecule has 104 valence electrons. The Balaban J connectivity index is 1.40. The van der Waals surface area contributed by atoms with Crippen LogP contribution in [0.2, 0.25) is 0 Å². The van der Waals surface area contributed by atoms with Crippen LogP contribution in [0, 0.1) is 5.92 Å². The van der Waals surface area contributed by atoms with Gasteiger partial charge >= 0.3 is 0 Å². The molecule has 3 fully saturated rings. The lowest BCUT2D eigenvalue weighted by Crippen LogP contribution is -2.38. The zero-order valence-corrected chi connectivity index (χ0v) is 11.3. The van der Waals surface area contributed by atoms with Crippen LogP contribution in [0.25, 0.3) is 0 Å². The Kier molecular flexibility index (Phi) is 2.94. The quantitative estimate of drug-likeness (QED) is 0.899. The molecule has 0 saturated carbocycles. The molecule has 1 N–H and O–H groups in total. The third kappa shape index (κ3) is 2.36. The standard InChI is InChI=1S/C14H22N4O/c1-2-6-18(5-1)14-16-13(19-17-14)9-10-7-11-3-4-12(8-10)15-11/h10-12,15H,1-9H2. The first kappa shape index (κ1) is 11.7. The predicted octanol–water partition coefficient (Wildman–Crippen LogP) is 1.74. The van der Waals surface area contributed by atoms with Gasteiger partial charge in [-0.15, -0.1) is 0 Å². The van der Waals surface area contributed by atoms with Crippen LogP contribution >= 0.6 is 0 Å². The maximum absolute atomic E-state index is 5.45. The fourth-order valence-corrected chi connectivity index (χ4v) is 3.96. The molecule has 3 aliphatic rings. The molecule has 0 spiro atoms. The van der Waals surface area contributed by atoms with Crippen LogP contribution in [0.1, 0.15) is 44.4 Å². The molecule has 4 heterocycles. The fourth-order valence-electron chi connectivity index (χ4n) is 3.96. The number of nitrogens with one attached hydrogen (secondary N) is 1. The summed E-state index contributed by atoms with van der Waals surface area (Å²) in [5.41, 5.74) is 0. The van der Waals surface area contributed by atoms with Gasteiger partial charge in [0.15, 0.2) is 0 Å². The molecule has 2 bridgehead atoms. The Morgan fingerprint density at radius 3 is 2.63 bits per heavy atom. The molecule has 0 aromatic carbocycles. The van der Waals surface area contributed by atoms with Crippen LogP contribution in [0.4, 0.5) is 5.95 Å². The molecular weight excluding hydrogens is 240 g/mol. The summed E-state index contributed by atoms with van der Waals surface area (Å²) >= 11 is 0. The minimum absolute atomic E-state index is 0.727. The van der Waals surface area contributed by atoms with Gasteiger partial charge in [-0.05, 0) is 49.6 Å². The van der Waals surface area contributed by atoms with Crippen LogP contribution < -0.4 is 10.2 Å². The molecule has 2 atom stereocenters. The Bertz CT molecular complexity index is 428. The highest BCUT2D eigenvalue weighted by Gasteiger charge is 2.34. The normalized spacial score (nSPS) is 34.1. The molecular formula is C14H22N4O. The second-order valence-electron chi connectivity index (χ2n) is 6.36. The Labute approximate surface area is 113 Å². The summed E-state index contributed by atoms with van der Waals surface area (Å²) in [6.07, 6.45) is 8.72. The molecule has 2 unspecified atom stereocenters. The summed E-state index contributed by atoms with van der Waals surface area (Å²) in [4.78, 5) is 6.82. The van der Waals surface area contributed by atoms with Gasteiger partial charge in [-0.3, -0.25) is 0 Å². The van der Waals surface area contributed by atoms with Crippen molar-refractivity contribution in [2.75, 3.05) is 18.0 Å². The van der Waals surface area contributed by atoms with Crippen molar-refractivity contribution in [2.24, 2.45) is 5.92 Å². The summed E-state index contributed by atoms with van der Waals surface area (Å²) in [6, 6.07) is 1.48. The van der Waals surface area contributed by atoms with Gasteiger partial charge in [0.25, 0.3) is 5.95 Å². The molecule has 0 aliphatic carbocycles. The van der Waals surface area contributed by atoms with Crippen LogP contribution in [0.5, 0.6) is 0 Å². The largest absolute Gasteiger partial charge is 0.338 e. The molecule has 0 radical (unpaired) electrons. The number of hydrogen-bond donors (Lipinski definition) is 1. The number of rotatable bonds is 3. The molecule has 3 saturated heterocycles. The lowest BCUT2D eigenvalue weighted by Gasteiger charge is -2.28. The van der Waals surface area contributed by atoms with Gasteiger partial charge < -0.3 is 14.7 Å². The van der Waals surface area contributed by atoms with E-state index in [9.17, 15) is 0 Å². The van der Waals surface area contributed by atoms with Crippen molar-refractivity contribution >= 4 is 5.95 Å². The van der Waals surface area contributed by atoms with Gasteiger partial charge in [0.2, 0.25) is 5.89 Å². The number of piperidine rings is 1. The zero-order valence-electron chi connectivity index (χ0n) is 11.3. The van der Waals surface area contributed by atoms with Crippen LogP contribution in [0.3, 0.4) is 0 Å². The summed E-state index contributed by atoms with van der Waals surface area (Å²) in [5, 5.41) is 7.82. The SMILES string of the molecule is C1CCN(c2noc(CC3CC4CCC(C3)N4)n2)C1. The topological polar surface area (TPSA) is 54.2 Å². The van der Waals surface area contributed by atoms with E-state index in [0.717, 1.165) is 49.4 Å². The van der Waals surface area contributed by atoms with E-state index in [1.807, 2.05) is 0 Å². The van der Waals surface area contributed by atoms with Gasteiger partial charge in [-0.2, -0.15) is 4.98 Å². The average Bonchev–Trinajstić information content (AvgIpc) is 3.10. The van der Waals surface area contributed by atoms with Crippen LogP contribution in [-0.4, -0.2) is 35.3 Å². The first-order valence-corrected chi connectivity index (χ1v) is 7.70. The van der Waals surface area contributed by atoms with Crippen molar-refractivity contribution in [2.45, 2.75) is 57.0 Å². The van der Waals surface area contributed by atoms with E-state index in [0.29, 0.717) is 0 Å². The number of aromatic nitrogens is 2. The molecule has 4 rings (SSSR count). The van der Waals surface area contributed by atoms with Crippen LogP contribution in [-0.2, 0) is 6.42 Å². The zero-order chi connectivity index (χ0) is 12.7. The third-order valence-electron chi connectivity index (χ3n) is 4.88. The Hall–Kier alpha value is -1.10. The van der Waals surface area contributed by atoms with E-state index in [4.69, 9.17) is 4.52 Å². The molecule has 5 heteroatoms. The number of anilines is 1. The van der Waals surface area contributed by atoms with Crippen LogP contribution in [0.15, 0.2) is 4.52 Å². The molecule has 1 aromatic rings. The van der Waals surface area contributed by atoms with Crippen molar-refractivity contribution in [1.29, 1.82) is 0 Å². The minimum Gasteiger partial charge on any atom is -0.338 e. The van der Waals surface area contributed by atoms with Gasteiger partial charge in [0, 0.05) is 31.6 Å². The van der Waals surface area contributed by atoms with Gasteiger partial charge in [0.05, 0.1) is 0 Å². The Morgan fingerprint density at radius 1 is 1.16 bits per heavy atom. The lowest BCUT2D eigenvalue weighted by molar-refractivity contribution is 0.270. The number of fused-ring (bicyclic) bond motifs is 2. The number of hydrogen-bond acceptors (Lipinski definition) is 5. The van der Waals surface area contributed by atoms with Gasteiger partial charge in [-0.25, -0.2) is 0 Å². The Morgan fingerprint density at radius 2 is 1.89 bits per heavy atom. The first-order valence-electron chi connectivity index (χ1n) is 7.70. The van der Waals surface area contributed by atoms with E-state index >= 15 is 0 Å². The number of nitrogens with zero attached hydrogens (tertiary/aromatic N) is 3. The fraction of sp³-hybridized carbons (Fsp3) is 0.857. The summed E-state index contributed by atoms with van der Waals surface area (Å²) in [6.45, 7) is 2.16. The van der Waals surface area contributed by atoms with Crippen molar-refractivity contribution in [1.82, 2.24) is 15.5 Å². The predicted molar refractivity (Wildman–Crippen MR) is 72.1 cm³/mol. The summed E-state index contributed by atoms with van der Waals surface area (Å²) < 4.78 is 5.45. The molecule has 1 aromatic heterocycles. The highest BCUT2D eigenvalue weighted by Crippen LogP contribution is 2.32. The third-order valence-corrected chi connectivity index (χ3v) is 4.88. The molecule has 3 aliphatic heterocycles. The minimum atomic E-state index is 0.727. The van der Waals surface area contributed by atoms with E-state index in [1.54, 1.807) is 0 Å². The lowest BCUT2D eigenvalue weighted by atomic mass is 9.90. The van der Waals surface area contributed by atoms with Gasteiger partial charge in [-0.1, -0.05) is 0 Å². The van der Waals surface area contributed by atoms with E-state index in [-0.39, 0.29) is 0 Å². The second-order valence-corrected chi connectivity index (χ2v) is 6.36. The smallest absolute Gasteiger partial charge is 0.266 e. The van der Waals surface area contributed by atoms with E-state index in [2.05, 4.69) is 20.4 Å². The summed E-state index contributed by atoms with van der Waals surface area (Å²) in [5.74, 6) is 2.38. The molecule has 19 heavy (non-hydrogen) atoms. The van der Waals surface area contributed by atoms with E-state index in [1.165, 1.54) is 38.5 Å². The maximum Gasteiger partial charge on any atom is 0.266 e. The van der Waals surface area contributed by atoms with E-state index < -0.39 is 0 Å². The van der Waals surface area contributed by atoms with Crippen molar-refractivity contribution in [3.63, 3.8) is 0 Å². The second kappa shape index (κ2) is 4.78. The van der Waals surface area contributed by atoms with Gasteiger partial charge in [0.1, 0.15) is 0 Å². The van der Waals surface area contributed by atoms with Crippen molar-refractivity contribution < 1.29 is 4.52 Å². The maximum atomic E-state index is 5.45. The van der Waals surface area contributed by atoms with Crippen molar-refractivity contribution in [3.05, 3.63) is 5.89 Å². The molecule has 0 amide bonds. The average molecular weight is 262 g/mol.